The van der Waals surface area contributed by atoms with E-state index in [-0.39, 0.29) is 6.79 Å². The van der Waals surface area contributed by atoms with Crippen molar-refractivity contribution in [3.63, 3.8) is 0 Å². The minimum atomic E-state index is 0.257. The fraction of sp³-hybridized carbons (Fsp3) is 0.389. The highest BCUT2D eigenvalue weighted by Gasteiger charge is 2.20. The molecule has 3 heterocycles. The zero-order valence-electron chi connectivity index (χ0n) is 15.6. The molecule has 4 rings (SSSR count). The number of rotatable bonds is 7. The van der Waals surface area contributed by atoms with Crippen LogP contribution in [0.4, 0.5) is 5.82 Å². The van der Waals surface area contributed by atoms with Crippen molar-refractivity contribution < 1.29 is 9.47 Å². The average molecular weight is 515 g/mol. The standard InChI is InChI=1S/C18H21IN6O2S/c1-10(2)21-4-3-5-25-17-15(16(20)22-8-23-17)24-18(25)28-14-7-13-12(6-11(14)19)26-9-27-13/h6-8,10,21H,3-5,9H2,1-2H3,(H2,20,22,23)/i19+4,21-1. The first-order valence-electron chi connectivity index (χ1n) is 9.00. The minimum absolute atomic E-state index is 0.257. The van der Waals surface area contributed by atoms with E-state index in [0.717, 1.165) is 50.3 Å². The van der Waals surface area contributed by atoms with Gasteiger partial charge in [0, 0.05) is 21.1 Å². The van der Waals surface area contributed by atoms with Gasteiger partial charge in [0.15, 0.2) is 33.6 Å². The predicted octanol–water partition coefficient (Wildman–Crippen LogP) is 3.28. The van der Waals surface area contributed by atoms with Gasteiger partial charge in [-0.05, 0) is 47.7 Å². The van der Waals surface area contributed by atoms with Crippen molar-refractivity contribution >= 4 is 51.3 Å². The molecule has 3 N–H and O–H groups in total. The van der Waals surface area contributed by atoms with Crippen LogP contribution in [0.2, 0.25) is 0 Å². The van der Waals surface area contributed by atoms with Crippen molar-refractivity contribution in [3.05, 3.63) is 22.0 Å². The van der Waals surface area contributed by atoms with E-state index in [9.17, 15) is 0 Å². The number of nitrogen functional groups attached to an aromatic ring is 1. The van der Waals surface area contributed by atoms with Crippen LogP contribution in [0.5, 0.6) is 11.5 Å². The maximum atomic E-state index is 6.04. The number of benzene rings is 1. The Morgan fingerprint density at radius 3 is 2.86 bits per heavy atom. The number of nitrogens with one attached hydrogen (secondary N) is 1. The largest absolute Gasteiger partial charge is 0.454 e. The maximum Gasteiger partial charge on any atom is 0.231 e. The first-order chi connectivity index (χ1) is 13.5. The van der Waals surface area contributed by atoms with Gasteiger partial charge in [-0.25, -0.2) is 15.0 Å². The molecule has 3 aromatic rings. The molecular formula is C18H21IN6O2S. The minimum Gasteiger partial charge on any atom is -0.454 e. The Bertz CT molecular complexity index is 1010. The maximum absolute atomic E-state index is 6.04. The van der Waals surface area contributed by atoms with E-state index in [1.807, 2.05) is 12.1 Å². The highest BCUT2D eigenvalue weighted by atomic mass is 131. The van der Waals surface area contributed by atoms with E-state index in [4.69, 9.17) is 20.2 Å². The summed E-state index contributed by atoms with van der Waals surface area (Å²) >= 11 is 3.87. The number of hydrogen-bond donors (Lipinski definition) is 2. The molecule has 0 saturated carbocycles. The van der Waals surface area contributed by atoms with Crippen molar-refractivity contribution in [1.29, 1.82) is 0 Å². The fourth-order valence-corrected chi connectivity index (χ4v) is 4.63. The Morgan fingerprint density at radius 1 is 1.29 bits per heavy atom. The third-order valence-corrected chi connectivity index (χ3v) is 6.58. The van der Waals surface area contributed by atoms with Crippen LogP contribution in [0.1, 0.15) is 20.3 Å². The summed E-state index contributed by atoms with van der Waals surface area (Å²) in [7, 11) is 0. The normalized spacial score (nSPS) is 13.0. The predicted molar refractivity (Wildman–Crippen MR) is 117 cm³/mol. The van der Waals surface area contributed by atoms with Crippen LogP contribution in [0.3, 0.4) is 0 Å². The number of ether oxygens (including phenoxy) is 2. The van der Waals surface area contributed by atoms with E-state index >= 15 is 0 Å². The summed E-state index contributed by atoms with van der Waals surface area (Å²) < 4.78 is 14.2. The zero-order valence-corrected chi connectivity index (χ0v) is 18.6. The topological polar surface area (TPSA) is 100 Å². The van der Waals surface area contributed by atoms with Gasteiger partial charge in [-0.3, -0.25) is 0 Å². The third kappa shape index (κ3) is 3.98. The van der Waals surface area contributed by atoms with E-state index in [1.165, 1.54) is 6.33 Å². The zero-order chi connectivity index (χ0) is 19.7. The molecule has 1 aromatic carbocycles. The molecule has 10 heteroatoms. The van der Waals surface area contributed by atoms with Crippen LogP contribution in [0, 0.1) is 3.57 Å². The van der Waals surface area contributed by atoms with Gasteiger partial charge in [-0.15, -0.1) is 0 Å². The van der Waals surface area contributed by atoms with Crippen molar-refractivity contribution in [2.24, 2.45) is 0 Å². The van der Waals surface area contributed by atoms with Crippen LogP contribution in [0.25, 0.3) is 11.2 Å². The molecule has 0 bridgehead atoms. The monoisotopic (exact) mass is 515 g/mol. The number of aromatic nitrogens is 4. The Balaban J connectivity index is 1.66. The number of halogens is 1. The highest BCUT2D eigenvalue weighted by Crippen LogP contribution is 2.41. The quantitative estimate of drug-likeness (QED) is 0.366. The van der Waals surface area contributed by atoms with Gasteiger partial charge in [0.2, 0.25) is 6.79 Å². The van der Waals surface area contributed by atoms with Gasteiger partial charge in [0.05, 0.1) is 0 Å². The summed E-state index contributed by atoms with van der Waals surface area (Å²) in [4.78, 5) is 14.3. The number of hydrogen-bond acceptors (Lipinski definition) is 8. The SMILES string of the molecule is CC(C)[13NH]CCCn1c(Sc2cc3c(cc2[131I])OCO3)nc2c(N)ncnc21. The molecular weight excluding hydrogens is 494 g/mol. The molecule has 0 aliphatic carbocycles. The lowest BCUT2D eigenvalue weighted by Gasteiger charge is -2.11. The number of anilines is 1. The second-order valence-electron chi connectivity index (χ2n) is 6.68. The summed E-state index contributed by atoms with van der Waals surface area (Å²) in [5.74, 6) is 1.93. The molecule has 0 saturated heterocycles. The van der Waals surface area contributed by atoms with E-state index in [1.54, 1.807) is 11.8 Å². The van der Waals surface area contributed by atoms with Gasteiger partial charge in [-0.1, -0.05) is 25.6 Å². The summed E-state index contributed by atoms with van der Waals surface area (Å²) in [6.45, 7) is 6.25. The lowest BCUT2D eigenvalue weighted by Crippen LogP contribution is -2.24. The molecule has 0 fully saturated rings. The molecule has 8 nitrogen and oxygen atoms in total. The van der Waals surface area contributed by atoms with Crippen molar-refractivity contribution in [2.45, 2.75) is 42.9 Å². The molecule has 1 aliphatic heterocycles. The van der Waals surface area contributed by atoms with E-state index in [2.05, 4.69) is 56.3 Å². The number of imidazole rings is 1. The molecule has 1 aliphatic rings. The summed E-state index contributed by atoms with van der Waals surface area (Å²) in [5.41, 5.74) is 7.44. The highest BCUT2D eigenvalue weighted by molar-refractivity contribution is 14.1. The molecule has 0 unspecified atom stereocenters. The summed E-state index contributed by atoms with van der Waals surface area (Å²) in [5, 5.41) is 4.28. The number of nitrogens with two attached hydrogens (primary N) is 1. The van der Waals surface area contributed by atoms with Gasteiger partial charge in [0.1, 0.15) is 6.33 Å². The smallest absolute Gasteiger partial charge is 0.231 e. The molecule has 0 spiro atoms. The third-order valence-electron chi connectivity index (χ3n) is 4.26. The lowest BCUT2D eigenvalue weighted by molar-refractivity contribution is 0.174. The molecule has 2 aromatic heterocycles. The van der Waals surface area contributed by atoms with Crippen molar-refractivity contribution in [3.8, 4) is 11.5 Å². The van der Waals surface area contributed by atoms with E-state index in [0.29, 0.717) is 17.4 Å². The van der Waals surface area contributed by atoms with E-state index < -0.39 is 0 Å². The van der Waals surface area contributed by atoms with Crippen LogP contribution in [-0.2, 0) is 6.54 Å². The Labute approximate surface area is 180 Å². The average Bonchev–Trinajstić information content (AvgIpc) is 3.24. The fourth-order valence-electron chi connectivity index (χ4n) is 2.92. The van der Waals surface area contributed by atoms with Crippen molar-refractivity contribution in [2.75, 3.05) is 19.1 Å². The molecule has 0 radical (unpaired) electrons. The first kappa shape index (κ1) is 19.5. The van der Waals surface area contributed by atoms with Crippen LogP contribution < -0.4 is 20.5 Å². The van der Waals surface area contributed by atoms with Crippen molar-refractivity contribution in [1.82, 2.24) is 24.8 Å². The summed E-state index contributed by atoms with van der Waals surface area (Å²) in [6, 6.07) is 4.44. The van der Waals surface area contributed by atoms with Crippen LogP contribution in [-0.4, -0.2) is 38.9 Å². The lowest BCUT2D eigenvalue weighted by atomic mass is 10.2. The number of fused-ring (bicyclic) bond motifs is 2. The Kier molecular flexibility index (Phi) is 5.78. The van der Waals surface area contributed by atoms with Crippen LogP contribution >= 0.6 is 34.4 Å². The second-order valence-corrected chi connectivity index (χ2v) is 8.85. The second kappa shape index (κ2) is 8.29. The molecule has 0 atom stereocenters. The van der Waals surface area contributed by atoms with Crippen LogP contribution in [0.15, 0.2) is 28.5 Å². The Morgan fingerprint density at radius 2 is 2.07 bits per heavy atom. The molecule has 148 valence electrons. The van der Waals surface area contributed by atoms with Gasteiger partial charge < -0.3 is 25.1 Å². The number of aryl methyl sites for hydroxylation is 1. The Hall–Kier alpha value is -1.79. The van der Waals surface area contributed by atoms with Gasteiger partial charge in [-0.2, -0.15) is 0 Å². The summed E-state index contributed by atoms with van der Waals surface area (Å²) in [6.07, 6.45) is 2.44. The van der Waals surface area contributed by atoms with Gasteiger partial charge in [0.25, 0.3) is 0 Å². The number of nitrogens with zero attached hydrogens (tertiary/aromatic N) is 4. The first-order valence-corrected chi connectivity index (χ1v) is 10.9. The molecule has 28 heavy (non-hydrogen) atoms. The van der Waals surface area contributed by atoms with Gasteiger partial charge >= 0.3 is 0 Å². The molecule has 0 amide bonds.